The van der Waals surface area contributed by atoms with Crippen LogP contribution in [0.25, 0.3) is 0 Å². The zero-order valence-electron chi connectivity index (χ0n) is 8.22. The fourth-order valence-electron chi connectivity index (χ4n) is 0.610. The van der Waals surface area contributed by atoms with Crippen LogP contribution in [0.3, 0.4) is 0 Å². The second kappa shape index (κ2) is 11.2. The van der Waals surface area contributed by atoms with Crippen LogP contribution in [-0.2, 0) is 4.79 Å². The van der Waals surface area contributed by atoms with Gasteiger partial charge in [0.1, 0.15) is 0 Å². The van der Waals surface area contributed by atoms with Crippen molar-refractivity contribution in [1.82, 2.24) is 0 Å². The molecule has 0 aromatic carbocycles. The van der Waals surface area contributed by atoms with Gasteiger partial charge < -0.3 is 5.11 Å². The summed E-state index contributed by atoms with van der Waals surface area (Å²) in [5.41, 5.74) is 1.67. The molecule has 1 N–H and O–H groups in total. The molecule has 0 saturated heterocycles. The molecule has 2 nitrogen and oxygen atoms in total. The molecule has 0 atom stereocenters. The number of aliphatic carboxylic acids is 1. The van der Waals surface area contributed by atoms with Crippen LogP contribution in [0.5, 0.6) is 0 Å². The first-order valence-corrected chi connectivity index (χ1v) is 4.64. The Morgan fingerprint density at radius 1 is 1.62 bits per heavy atom. The maximum absolute atomic E-state index is 10.2. The lowest BCUT2D eigenvalue weighted by Crippen LogP contribution is -1.95. The molecule has 0 aromatic heterocycles. The van der Waals surface area contributed by atoms with Crippen LogP contribution >= 0.6 is 11.6 Å². The first-order valence-electron chi connectivity index (χ1n) is 4.21. The SMILES string of the molecule is C=CCl.CCCCC=C(C)C(=O)O. The summed E-state index contributed by atoms with van der Waals surface area (Å²) in [6.45, 7) is 6.84. The van der Waals surface area contributed by atoms with Gasteiger partial charge in [-0.05, 0) is 18.9 Å². The summed E-state index contributed by atoms with van der Waals surface area (Å²) in [7, 11) is 0. The molecule has 0 aliphatic rings. The molecule has 0 heterocycles. The predicted molar refractivity (Wildman–Crippen MR) is 57.0 cm³/mol. The highest BCUT2D eigenvalue weighted by Gasteiger charge is 1.96. The Kier molecular flexibility index (Phi) is 12.8. The summed E-state index contributed by atoms with van der Waals surface area (Å²) in [6, 6.07) is 0. The third-order valence-corrected chi connectivity index (χ3v) is 1.35. The van der Waals surface area contributed by atoms with Crippen LogP contribution in [-0.4, -0.2) is 11.1 Å². The van der Waals surface area contributed by atoms with Gasteiger partial charge in [0.25, 0.3) is 0 Å². The average molecular weight is 205 g/mol. The molecule has 0 fully saturated rings. The number of carbonyl (C=O) groups is 1. The molecule has 0 aromatic rings. The van der Waals surface area contributed by atoms with Gasteiger partial charge in [0, 0.05) is 5.57 Å². The average Bonchev–Trinajstić information content (AvgIpc) is 2.06. The fraction of sp³-hybridized carbons (Fsp3) is 0.500. The van der Waals surface area contributed by atoms with E-state index >= 15 is 0 Å². The van der Waals surface area contributed by atoms with E-state index in [1.807, 2.05) is 0 Å². The molecule has 0 spiro atoms. The van der Waals surface area contributed by atoms with Crippen LogP contribution in [0.2, 0.25) is 0 Å². The predicted octanol–water partition coefficient (Wildman–Crippen LogP) is 3.58. The maximum atomic E-state index is 10.2. The Balaban J connectivity index is 0. The second-order valence-electron chi connectivity index (χ2n) is 2.49. The van der Waals surface area contributed by atoms with Crippen molar-refractivity contribution in [3.05, 3.63) is 23.8 Å². The van der Waals surface area contributed by atoms with Gasteiger partial charge in [-0.15, -0.1) is 0 Å². The van der Waals surface area contributed by atoms with E-state index in [4.69, 9.17) is 16.7 Å². The quantitative estimate of drug-likeness (QED) is 0.562. The summed E-state index contributed by atoms with van der Waals surface area (Å²) in [5.74, 6) is -0.809. The lowest BCUT2D eigenvalue weighted by Gasteiger charge is -1.91. The minimum absolute atomic E-state index is 0.452. The van der Waals surface area contributed by atoms with Gasteiger partial charge >= 0.3 is 5.97 Å². The molecular formula is C10H17ClO2. The van der Waals surface area contributed by atoms with Crippen molar-refractivity contribution in [3.63, 3.8) is 0 Å². The van der Waals surface area contributed by atoms with Crippen LogP contribution < -0.4 is 0 Å². The summed E-state index contributed by atoms with van der Waals surface area (Å²) in [4.78, 5) is 10.2. The van der Waals surface area contributed by atoms with E-state index in [0.29, 0.717) is 5.57 Å². The maximum Gasteiger partial charge on any atom is 0.330 e. The van der Waals surface area contributed by atoms with Crippen molar-refractivity contribution in [2.75, 3.05) is 0 Å². The number of hydrogen-bond acceptors (Lipinski definition) is 1. The first-order chi connectivity index (χ1) is 6.09. The molecule has 0 bridgehead atoms. The molecule has 0 aliphatic heterocycles. The van der Waals surface area contributed by atoms with Gasteiger partial charge in [0.15, 0.2) is 0 Å². The van der Waals surface area contributed by atoms with E-state index in [1.165, 1.54) is 5.54 Å². The van der Waals surface area contributed by atoms with Crippen LogP contribution in [0.1, 0.15) is 33.1 Å². The van der Waals surface area contributed by atoms with Gasteiger partial charge in [-0.2, -0.15) is 0 Å². The molecule has 0 unspecified atom stereocenters. The zero-order chi connectivity index (χ0) is 10.7. The summed E-state index contributed by atoms with van der Waals surface area (Å²) in [5, 5.41) is 8.41. The van der Waals surface area contributed by atoms with Crippen molar-refractivity contribution < 1.29 is 9.90 Å². The minimum Gasteiger partial charge on any atom is -0.478 e. The van der Waals surface area contributed by atoms with Gasteiger partial charge in [0.2, 0.25) is 0 Å². The fourth-order valence-corrected chi connectivity index (χ4v) is 0.610. The highest BCUT2D eigenvalue weighted by molar-refractivity contribution is 6.25. The smallest absolute Gasteiger partial charge is 0.330 e. The highest BCUT2D eigenvalue weighted by atomic mass is 35.5. The van der Waals surface area contributed by atoms with Gasteiger partial charge in [-0.25, -0.2) is 4.79 Å². The Morgan fingerprint density at radius 2 is 2.08 bits per heavy atom. The molecular weight excluding hydrogens is 188 g/mol. The monoisotopic (exact) mass is 204 g/mol. The van der Waals surface area contributed by atoms with Crippen molar-refractivity contribution in [2.45, 2.75) is 33.1 Å². The third-order valence-electron chi connectivity index (χ3n) is 1.35. The minimum atomic E-state index is -0.809. The van der Waals surface area contributed by atoms with E-state index in [0.717, 1.165) is 19.3 Å². The number of carboxylic acids is 1. The van der Waals surface area contributed by atoms with E-state index in [9.17, 15) is 4.79 Å². The van der Waals surface area contributed by atoms with Gasteiger partial charge in [0.05, 0.1) is 0 Å². The molecule has 13 heavy (non-hydrogen) atoms. The molecule has 0 aliphatic carbocycles. The molecule has 3 heteroatoms. The van der Waals surface area contributed by atoms with E-state index in [2.05, 4.69) is 13.5 Å². The van der Waals surface area contributed by atoms with Crippen molar-refractivity contribution in [1.29, 1.82) is 0 Å². The number of hydrogen-bond donors (Lipinski definition) is 1. The number of allylic oxidation sites excluding steroid dienone is 1. The molecule has 76 valence electrons. The van der Waals surface area contributed by atoms with Crippen molar-refractivity contribution in [3.8, 4) is 0 Å². The molecule has 0 amide bonds. The highest BCUT2D eigenvalue weighted by Crippen LogP contribution is 2.00. The Labute approximate surface area is 84.9 Å². The number of halogens is 1. The molecule has 0 rings (SSSR count). The number of carboxylic acid groups (broad SMARTS) is 1. The van der Waals surface area contributed by atoms with Gasteiger partial charge in [-0.3, -0.25) is 0 Å². The van der Waals surface area contributed by atoms with Crippen molar-refractivity contribution >= 4 is 17.6 Å². The first kappa shape index (κ1) is 14.7. The Bertz CT molecular complexity index is 174. The number of unbranched alkanes of at least 4 members (excludes halogenated alkanes) is 2. The largest absolute Gasteiger partial charge is 0.478 e. The van der Waals surface area contributed by atoms with Crippen LogP contribution in [0, 0.1) is 0 Å². The number of rotatable bonds is 4. The Morgan fingerprint density at radius 3 is 2.38 bits per heavy atom. The standard InChI is InChI=1S/C8H14O2.C2H3Cl/c1-3-4-5-6-7(2)8(9)10;1-2-3/h6H,3-5H2,1-2H3,(H,9,10);2H,1H2. The van der Waals surface area contributed by atoms with E-state index in [1.54, 1.807) is 13.0 Å². The molecule has 0 radical (unpaired) electrons. The normalized spacial score (nSPS) is 9.92. The van der Waals surface area contributed by atoms with E-state index < -0.39 is 5.97 Å². The second-order valence-corrected chi connectivity index (χ2v) is 2.80. The van der Waals surface area contributed by atoms with E-state index in [-0.39, 0.29) is 0 Å². The Hall–Kier alpha value is -0.760. The lowest BCUT2D eigenvalue weighted by atomic mass is 10.2. The zero-order valence-corrected chi connectivity index (χ0v) is 8.97. The summed E-state index contributed by atoms with van der Waals surface area (Å²) < 4.78 is 0. The third kappa shape index (κ3) is 14.1. The van der Waals surface area contributed by atoms with Gasteiger partial charge in [-0.1, -0.05) is 44.0 Å². The topological polar surface area (TPSA) is 37.3 Å². The van der Waals surface area contributed by atoms with Crippen LogP contribution in [0.4, 0.5) is 0 Å². The van der Waals surface area contributed by atoms with Crippen molar-refractivity contribution in [2.24, 2.45) is 0 Å². The lowest BCUT2D eigenvalue weighted by molar-refractivity contribution is -0.132. The molecule has 0 saturated carbocycles. The van der Waals surface area contributed by atoms with Crippen LogP contribution in [0.15, 0.2) is 23.8 Å². The summed E-state index contributed by atoms with van der Waals surface area (Å²) >= 11 is 4.76. The summed E-state index contributed by atoms with van der Waals surface area (Å²) in [6.07, 6.45) is 4.84.